The highest BCUT2D eigenvalue weighted by molar-refractivity contribution is 7.10. The molecular weight excluding hydrogens is 322 g/mol. The van der Waals surface area contributed by atoms with Gasteiger partial charge in [-0.1, -0.05) is 13.0 Å². The fourth-order valence-electron chi connectivity index (χ4n) is 2.26. The van der Waals surface area contributed by atoms with Gasteiger partial charge in [0.1, 0.15) is 0 Å². The van der Waals surface area contributed by atoms with Crippen molar-refractivity contribution in [3.63, 3.8) is 0 Å². The molecule has 0 saturated carbocycles. The number of nitrogens with one attached hydrogen (secondary N) is 2. The number of hydrogen-bond acceptors (Lipinski definition) is 4. The topological polar surface area (TPSA) is 54.9 Å². The van der Waals surface area contributed by atoms with Crippen molar-refractivity contribution in [2.24, 2.45) is 4.99 Å². The van der Waals surface area contributed by atoms with Crippen LogP contribution in [0.3, 0.4) is 0 Å². The van der Waals surface area contributed by atoms with Gasteiger partial charge in [0.2, 0.25) is 0 Å². The van der Waals surface area contributed by atoms with Crippen LogP contribution in [0.15, 0.2) is 40.7 Å². The maximum atomic E-state index is 5.54. The Bertz CT molecular complexity index is 656. The Labute approximate surface area is 147 Å². The largest absolute Gasteiger partial charge is 0.493 e. The molecule has 0 aliphatic rings. The Morgan fingerprint density at radius 2 is 2.12 bits per heavy atom. The van der Waals surface area contributed by atoms with E-state index in [2.05, 4.69) is 40.1 Å². The Hall–Kier alpha value is -2.21. The summed E-state index contributed by atoms with van der Waals surface area (Å²) < 4.78 is 10.9. The van der Waals surface area contributed by atoms with E-state index in [1.807, 2.05) is 25.1 Å². The van der Waals surface area contributed by atoms with Gasteiger partial charge in [0.15, 0.2) is 17.5 Å². The molecule has 6 heteroatoms. The van der Waals surface area contributed by atoms with E-state index in [1.54, 1.807) is 25.5 Å². The van der Waals surface area contributed by atoms with Crippen LogP contribution < -0.4 is 20.1 Å². The molecule has 130 valence electrons. The monoisotopic (exact) mass is 347 g/mol. The van der Waals surface area contributed by atoms with Gasteiger partial charge in [-0.2, -0.15) is 0 Å². The maximum Gasteiger partial charge on any atom is 0.195 e. The highest BCUT2D eigenvalue weighted by Crippen LogP contribution is 2.30. The fourth-order valence-corrected chi connectivity index (χ4v) is 3.05. The normalized spacial score (nSPS) is 12.6. The summed E-state index contributed by atoms with van der Waals surface area (Å²) in [7, 11) is 3.40. The third kappa shape index (κ3) is 4.89. The number of nitrogens with zero attached hydrogens (tertiary/aromatic N) is 1. The van der Waals surface area contributed by atoms with Gasteiger partial charge in [0, 0.05) is 36.1 Å². The zero-order valence-electron chi connectivity index (χ0n) is 14.6. The van der Waals surface area contributed by atoms with E-state index in [1.165, 1.54) is 4.88 Å². The number of aliphatic imine (C=N–C) groups is 1. The Kier molecular flexibility index (Phi) is 6.93. The number of benzene rings is 1. The molecule has 0 aliphatic heterocycles. The molecule has 1 unspecified atom stereocenters. The summed E-state index contributed by atoms with van der Waals surface area (Å²) in [6.45, 7) is 5.57. The van der Waals surface area contributed by atoms with E-state index in [0.717, 1.165) is 23.9 Å². The first-order valence-electron chi connectivity index (χ1n) is 7.99. The minimum Gasteiger partial charge on any atom is -0.493 e. The van der Waals surface area contributed by atoms with E-state index in [0.29, 0.717) is 18.3 Å². The van der Waals surface area contributed by atoms with Crippen molar-refractivity contribution in [2.75, 3.05) is 32.6 Å². The number of rotatable bonds is 7. The first-order chi connectivity index (χ1) is 11.7. The summed E-state index contributed by atoms with van der Waals surface area (Å²) in [5.74, 6) is 2.59. The zero-order valence-corrected chi connectivity index (χ0v) is 15.4. The smallest absolute Gasteiger partial charge is 0.195 e. The van der Waals surface area contributed by atoms with Gasteiger partial charge < -0.3 is 20.1 Å². The van der Waals surface area contributed by atoms with Crippen LogP contribution in [0, 0.1) is 0 Å². The summed E-state index contributed by atoms with van der Waals surface area (Å²) in [5, 5.41) is 8.74. The predicted octanol–water partition coefficient (Wildman–Crippen LogP) is 3.95. The molecule has 2 rings (SSSR count). The summed E-state index contributed by atoms with van der Waals surface area (Å²) in [5.41, 5.74) is 0.896. The minimum atomic E-state index is 0.429. The Morgan fingerprint density at radius 1 is 1.29 bits per heavy atom. The number of ether oxygens (including phenoxy) is 2. The fraction of sp³-hybridized carbons (Fsp3) is 0.389. The van der Waals surface area contributed by atoms with Gasteiger partial charge in [-0.25, -0.2) is 0 Å². The van der Waals surface area contributed by atoms with Crippen molar-refractivity contribution in [3.05, 3.63) is 40.6 Å². The Morgan fingerprint density at radius 3 is 2.75 bits per heavy atom. The van der Waals surface area contributed by atoms with E-state index in [9.17, 15) is 0 Å². The second-order valence-corrected chi connectivity index (χ2v) is 6.27. The van der Waals surface area contributed by atoms with Crippen LogP contribution in [0.1, 0.15) is 24.6 Å². The lowest BCUT2D eigenvalue weighted by Crippen LogP contribution is -2.33. The predicted molar refractivity (Wildman–Crippen MR) is 102 cm³/mol. The van der Waals surface area contributed by atoms with Crippen molar-refractivity contribution in [3.8, 4) is 11.5 Å². The Balaban J connectivity index is 1.97. The SMILES string of the molecule is CCOc1ccc(NC(=NC)NCC(C)c2cccs2)cc1OC. The summed E-state index contributed by atoms with van der Waals surface area (Å²) >= 11 is 1.77. The zero-order chi connectivity index (χ0) is 17.4. The van der Waals surface area contributed by atoms with Gasteiger partial charge in [-0.05, 0) is 30.5 Å². The molecular formula is C18H25N3O2S. The van der Waals surface area contributed by atoms with Gasteiger partial charge in [-0.3, -0.25) is 4.99 Å². The average Bonchev–Trinajstić information content (AvgIpc) is 3.14. The molecule has 0 bridgehead atoms. The van der Waals surface area contributed by atoms with Crippen LogP contribution in [-0.2, 0) is 0 Å². The highest BCUT2D eigenvalue weighted by Gasteiger charge is 2.09. The summed E-state index contributed by atoms with van der Waals surface area (Å²) in [6.07, 6.45) is 0. The minimum absolute atomic E-state index is 0.429. The molecule has 1 atom stereocenters. The second-order valence-electron chi connectivity index (χ2n) is 5.29. The van der Waals surface area contributed by atoms with E-state index in [-0.39, 0.29) is 0 Å². The van der Waals surface area contributed by atoms with Gasteiger partial charge in [0.25, 0.3) is 0 Å². The maximum absolute atomic E-state index is 5.54. The molecule has 0 aliphatic carbocycles. The lowest BCUT2D eigenvalue weighted by atomic mass is 10.1. The van der Waals surface area contributed by atoms with Crippen molar-refractivity contribution in [2.45, 2.75) is 19.8 Å². The summed E-state index contributed by atoms with van der Waals surface area (Å²) in [6, 6.07) is 9.98. The number of anilines is 1. The molecule has 0 saturated heterocycles. The van der Waals surface area contributed by atoms with Crippen LogP contribution in [0.25, 0.3) is 0 Å². The molecule has 2 N–H and O–H groups in total. The number of methoxy groups -OCH3 is 1. The third-order valence-corrected chi connectivity index (χ3v) is 4.66. The van der Waals surface area contributed by atoms with Crippen molar-refractivity contribution in [1.29, 1.82) is 0 Å². The van der Waals surface area contributed by atoms with Crippen LogP contribution >= 0.6 is 11.3 Å². The average molecular weight is 347 g/mol. The van der Waals surface area contributed by atoms with Crippen LogP contribution in [-0.4, -0.2) is 33.3 Å². The van der Waals surface area contributed by atoms with Crippen LogP contribution in [0.5, 0.6) is 11.5 Å². The standard InChI is InChI=1S/C18H25N3O2S/c1-5-23-15-9-8-14(11-16(15)22-4)21-18(19-3)20-12-13(2)17-7-6-10-24-17/h6-11,13H,5,12H2,1-4H3,(H2,19,20,21). The molecule has 1 aromatic heterocycles. The van der Waals surface area contributed by atoms with Crippen LogP contribution in [0.2, 0.25) is 0 Å². The molecule has 1 aromatic carbocycles. The van der Waals surface area contributed by atoms with Crippen molar-refractivity contribution >= 4 is 23.0 Å². The van der Waals surface area contributed by atoms with E-state index in [4.69, 9.17) is 9.47 Å². The van der Waals surface area contributed by atoms with Gasteiger partial charge in [-0.15, -0.1) is 11.3 Å². The van der Waals surface area contributed by atoms with E-state index < -0.39 is 0 Å². The lowest BCUT2D eigenvalue weighted by Gasteiger charge is -2.16. The summed E-state index contributed by atoms with van der Waals surface area (Å²) in [4.78, 5) is 5.64. The van der Waals surface area contributed by atoms with Crippen molar-refractivity contribution in [1.82, 2.24) is 5.32 Å². The second kappa shape index (κ2) is 9.17. The molecule has 2 aromatic rings. The molecule has 1 heterocycles. The van der Waals surface area contributed by atoms with Gasteiger partial charge >= 0.3 is 0 Å². The number of thiophene rings is 1. The number of guanidine groups is 1. The van der Waals surface area contributed by atoms with Crippen molar-refractivity contribution < 1.29 is 9.47 Å². The molecule has 0 fully saturated rings. The first kappa shape index (κ1) is 18.1. The molecule has 0 amide bonds. The van der Waals surface area contributed by atoms with Crippen LogP contribution in [0.4, 0.5) is 5.69 Å². The van der Waals surface area contributed by atoms with Gasteiger partial charge in [0.05, 0.1) is 13.7 Å². The molecule has 24 heavy (non-hydrogen) atoms. The quantitative estimate of drug-likeness (QED) is 0.588. The van der Waals surface area contributed by atoms with E-state index >= 15 is 0 Å². The molecule has 0 radical (unpaired) electrons. The highest BCUT2D eigenvalue weighted by atomic mass is 32.1. The lowest BCUT2D eigenvalue weighted by molar-refractivity contribution is 0.311. The third-order valence-electron chi connectivity index (χ3n) is 3.55. The molecule has 5 nitrogen and oxygen atoms in total. The first-order valence-corrected chi connectivity index (χ1v) is 8.87. The number of hydrogen-bond donors (Lipinski definition) is 2. The molecule has 0 spiro atoms.